The van der Waals surface area contributed by atoms with Crippen LogP contribution in [0.2, 0.25) is 0 Å². The number of amides is 2. The topological polar surface area (TPSA) is 82.2 Å². The minimum Gasteiger partial charge on any atom is -0.369 e. The predicted octanol–water partition coefficient (Wildman–Crippen LogP) is 1.85. The molecule has 2 amide bonds. The standard InChI is InChI=1S/C11H16N4O.ClH/c1-3-14-11(16)15(10(12)13)9-7-5-4-6-8(9)2;/h4-7H,3H2,1-2H3,(H3,12,13)(H,14,16);1H. The van der Waals surface area contributed by atoms with Crippen molar-refractivity contribution < 1.29 is 4.79 Å². The molecular weight excluding hydrogens is 240 g/mol. The lowest BCUT2D eigenvalue weighted by Crippen LogP contribution is -2.47. The Morgan fingerprint density at radius 3 is 2.53 bits per heavy atom. The lowest BCUT2D eigenvalue weighted by Gasteiger charge is -2.22. The molecule has 0 atom stereocenters. The number of carbonyl (C=O) groups excluding carboxylic acids is 1. The predicted molar refractivity (Wildman–Crippen MR) is 71.9 cm³/mol. The van der Waals surface area contributed by atoms with Crippen molar-refractivity contribution in [1.29, 1.82) is 5.41 Å². The Morgan fingerprint density at radius 2 is 2.06 bits per heavy atom. The number of carbonyl (C=O) groups is 1. The molecule has 0 saturated carbocycles. The van der Waals surface area contributed by atoms with E-state index in [1.807, 2.05) is 26.0 Å². The summed E-state index contributed by atoms with van der Waals surface area (Å²) in [5, 5.41) is 10.1. The lowest BCUT2D eigenvalue weighted by atomic mass is 10.2. The van der Waals surface area contributed by atoms with Crippen LogP contribution in [-0.2, 0) is 0 Å². The van der Waals surface area contributed by atoms with E-state index in [-0.39, 0.29) is 24.4 Å². The molecule has 0 radical (unpaired) electrons. The van der Waals surface area contributed by atoms with Gasteiger partial charge < -0.3 is 11.1 Å². The average Bonchev–Trinajstić information content (AvgIpc) is 2.21. The molecule has 4 N–H and O–H groups in total. The van der Waals surface area contributed by atoms with Crippen LogP contribution in [0.5, 0.6) is 0 Å². The van der Waals surface area contributed by atoms with Crippen LogP contribution in [-0.4, -0.2) is 18.5 Å². The number of rotatable bonds is 2. The molecule has 0 spiro atoms. The van der Waals surface area contributed by atoms with Gasteiger partial charge in [-0.1, -0.05) is 18.2 Å². The smallest absolute Gasteiger partial charge is 0.328 e. The summed E-state index contributed by atoms with van der Waals surface area (Å²) in [6.45, 7) is 4.17. The van der Waals surface area contributed by atoms with E-state index in [1.165, 1.54) is 0 Å². The first kappa shape index (κ1) is 15.2. The molecule has 6 heteroatoms. The SMILES string of the molecule is CCNC(=O)N(C(=N)N)c1ccccc1C.Cl. The van der Waals surface area contributed by atoms with Gasteiger partial charge in [0.25, 0.3) is 0 Å². The quantitative estimate of drug-likeness (QED) is 0.557. The van der Waals surface area contributed by atoms with Crippen molar-refractivity contribution >= 4 is 30.1 Å². The second kappa shape index (κ2) is 6.75. The minimum atomic E-state index is -0.385. The van der Waals surface area contributed by atoms with Gasteiger partial charge in [-0.25, -0.2) is 9.69 Å². The van der Waals surface area contributed by atoms with Crippen molar-refractivity contribution in [3.05, 3.63) is 29.8 Å². The Kier molecular flexibility index (Phi) is 6.06. The van der Waals surface area contributed by atoms with E-state index in [0.717, 1.165) is 10.5 Å². The van der Waals surface area contributed by atoms with Gasteiger partial charge >= 0.3 is 6.03 Å². The minimum absolute atomic E-state index is 0. The van der Waals surface area contributed by atoms with Gasteiger partial charge in [0.05, 0.1) is 5.69 Å². The molecule has 1 aromatic rings. The van der Waals surface area contributed by atoms with Crippen LogP contribution in [0.1, 0.15) is 12.5 Å². The van der Waals surface area contributed by atoms with E-state index in [9.17, 15) is 4.79 Å². The van der Waals surface area contributed by atoms with Crippen LogP contribution in [0.3, 0.4) is 0 Å². The van der Waals surface area contributed by atoms with Crippen molar-refractivity contribution in [2.24, 2.45) is 5.73 Å². The first-order valence-corrected chi connectivity index (χ1v) is 5.05. The van der Waals surface area contributed by atoms with E-state index in [0.29, 0.717) is 12.2 Å². The number of anilines is 1. The maximum absolute atomic E-state index is 11.7. The van der Waals surface area contributed by atoms with Crippen LogP contribution >= 0.6 is 12.4 Å². The van der Waals surface area contributed by atoms with Gasteiger partial charge in [-0.15, -0.1) is 12.4 Å². The number of halogens is 1. The normalized spacial score (nSPS) is 9.06. The van der Waals surface area contributed by atoms with E-state index in [4.69, 9.17) is 11.1 Å². The zero-order chi connectivity index (χ0) is 12.1. The molecule has 0 aliphatic carbocycles. The highest BCUT2D eigenvalue weighted by Gasteiger charge is 2.18. The van der Waals surface area contributed by atoms with Crippen LogP contribution in [0, 0.1) is 12.3 Å². The van der Waals surface area contributed by atoms with Gasteiger partial charge in [0, 0.05) is 6.54 Å². The fourth-order valence-corrected chi connectivity index (χ4v) is 1.39. The Bertz CT molecular complexity index is 408. The van der Waals surface area contributed by atoms with Crippen LogP contribution in [0.25, 0.3) is 0 Å². The molecule has 0 heterocycles. The van der Waals surface area contributed by atoms with Gasteiger partial charge in [-0.3, -0.25) is 5.41 Å². The van der Waals surface area contributed by atoms with Gasteiger partial charge in [-0.2, -0.15) is 0 Å². The van der Waals surface area contributed by atoms with E-state index < -0.39 is 0 Å². The number of guanidine groups is 1. The molecular formula is C11H17ClN4O. The van der Waals surface area contributed by atoms with Gasteiger partial charge in [0.15, 0.2) is 0 Å². The highest BCUT2D eigenvalue weighted by molar-refractivity contribution is 6.14. The molecule has 0 fully saturated rings. The number of nitrogens with two attached hydrogens (primary N) is 1. The lowest BCUT2D eigenvalue weighted by molar-refractivity contribution is 0.249. The fourth-order valence-electron chi connectivity index (χ4n) is 1.39. The van der Waals surface area contributed by atoms with Gasteiger partial charge in [-0.05, 0) is 25.5 Å². The molecule has 5 nitrogen and oxygen atoms in total. The third kappa shape index (κ3) is 3.64. The van der Waals surface area contributed by atoms with Crippen LogP contribution in [0.4, 0.5) is 10.5 Å². The van der Waals surface area contributed by atoms with E-state index >= 15 is 0 Å². The number of aryl methyl sites for hydroxylation is 1. The fraction of sp³-hybridized carbons (Fsp3) is 0.273. The zero-order valence-corrected chi connectivity index (χ0v) is 10.7. The van der Waals surface area contributed by atoms with Crippen molar-refractivity contribution in [3.63, 3.8) is 0 Å². The molecule has 0 aromatic heterocycles. The summed E-state index contributed by atoms with van der Waals surface area (Å²) in [7, 11) is 0. The molecule has 0 bridgehead atoms. The molecule has 0 aliphatic rings. The summed E-state index contributed by atoms with van der Waals surface area (Å²) in [6.07, 6.45) is 0. The molecule has 0 unspecified atom stereocenters. The van der Waals surface area contributed by atoms with E-state index in [2.05, 4.69) is 5.32 Å². The first-order chi connectivity index (χ1) is 7.57. The number of nitrogens with zero attached hydrogens (tertiary/aromatic N) is 1. The van der Waals surface area contributed by atoms with E-state index in [1.54, 1.807) is 12.1 Å². The Hall–Kier alpha value is -1.75. The van der Waals surface area contributed by atoms with Gasteiger partial charge in [0.1, 0.15) is 0 Å². The summed E-state index contributed by atoms with van der Waals surface area (Å²) in [4.78, 5) is 12.9. The Balaban J connectivity index is 0.00000256. The van der Waals surface area contributed by atoms with Crippen molar-refractivity contribution in [1.82, 2.24) is 5.32 Å². The highest BCUT2D eigenvalue weighted by atomic mass is 35.5. The van der Waals surface area contributed by atoms with Gasteiger partial charge in [0.2, 0.25) is 5.96 Å². The van der Waals surface area contributed by atoms with Crippen molar-refractivity contribution in [2.75, 3.05) is 11.4 Å². The maximum Gasteiger partial charge on any atom is 0.328 e. The molecule has 1 aromatic carbocycles. The third-order valence-corrected chi connectivity index (χ3v) is 2.13. The second-order valence-corrected chi connectivity index (χ2v) is 3.34. The molecule has 17 heavy (non-hydrogen) atoms. The molecule has 94 valence electrons. The highest BCUT2D eigenvalue weighted by Crippen LogP contribution is 2.18. The zero-order valence-electron chi connectivity index (χ0n) is 9.86. The monoisotopic (exact) mass is 256 g/mol. The number of nitrogens with one attached hydrogen (secondary N) is 2. The third-order valence-electron chi connectivity index (χ3n) is 2.13. The van der Waals surface area contributed by atoms with Crippen molar-refractivity contribution in [2.45, 2.75) is 13.8 Å². The molecule has 0 aliphatic heterocycles. The number of urea groups is 1. The number of para-hydroxylation sites is 1. The summed E-state index contributed by atoms with van der Waals surface area (Å²) >= 11 is 0. The average molecular weight is 257 g/mol. The summed E-state index contributed by atoms with van der Waals surface area (Å²) in [5.41, 5.74) is 6.94. The van der Waals surface area contributed by atoms with Crippen molar-refractivity contribution in [3.8, 4) is 0 Å². The molecule has 1 rings (SSSR count). The summed E-state index contributed by atoms with van der Waals surface area (Å²) in [6, 6.07) is 6.91. The molecule has 0 saturated heterocycles. The second-order valence-electron chi connectivity index (χ2n) is 3.34. The van der Waals surface area contributed by atoms with Crippen LogP contribution < -0.4 is 16.0 Å². The largest absolute Gasteiger partial charge is 0.369 e. The first-order valence-electron chi connectivity index (χ1n) is 5.05. The number of hydrogen-bond donors (Lipinski definition) is 3. The summed E-state index contributed by atoms with van der Waals surface area (Å²) in [5.74, 6) is -0.291. The Morgan fingerprint density at radius 1 is 1.47 bits per heavy atom. The van der Waals surface area contributed by atoms with Crippen LogP contribution in [0.15, 0.2) is 24.3 Å². The summed E-state index contributed by atoms with van der Waals surface area (Å²) < 4.78 is 0. The Labute approximate surface area is 107 Å². The number of benzene rings is 1. The maximum atomic E-state index is 11.7. The number of hydrogen-bond acceptors (Lipinski definition) is 2.